The van der Waals surface area contributed by atoms with Crippen LogP contribution in [0.15, 0.2) is 81.7 Å². The largest absolute Gasteiger partial charge is 0.506 e. The zero-order chi connectivity index (χ0) is 23.8. The number of phenols is 1. The van der Waals surface area contributed by atoms with Crippen molar-refractivity contribution >= 4 is 43.9 Å². The maximum absolute atomic E-state index is 12.7. The maximum Gasteiger partial charge on any atom is 0.414 e. The summed E-state index contributed by atoms with van der Waals surface area (Å²) in [6, 6.07) is 20.2. The smallest absolute Gasteiger partial charge is 0.414 e. The number of ether oxygens (including phenoxy) is 2. The number of aliphatic hydroxyl groups excluding tert-OH is 1. The Kier molecular flexibility index (Phi) is 8.87. The van der Waals surface area contributed by atoms with E-state index in [1.54, 1.807) is 66.7 Å². The molecule has 3 N–H and O–H groups in total. The van der Waals surface area contributed by atoms with Crippen molar-refractivity contribution in [2.45, 2.75) is 18.6 Å². The van der Waals surface area contributed by atoms with Crippen molar-refractivity contribution in [1.29, 1.82) is 0 Å². The summed E-state index contributed by atoms with van der Waals surface area (Å²) in [6.45, 7) is -0.266. The molecule has 9 heteroatoms. The molecule has 3 aromatic carbocycles. The fraction of sp³-hybridized carbons (Fsp3) is 0.167. The van der Waals surface area contributed by atoms with Crippen LogP contribution in [0.3, 0.4) is 0 Å². The van der Waals surface area contributed by atoms with Gasteiger partial charge in [-0.3, -0.25) is 10.1 Å². The predicted octanol–water partition coefficient (Wildman–Crippen LogP) is 5.35. The van der Waals surface area contributed by atoms with Gasteiger partial charge in [-0.2, -0.15) is 0 Å². The lowest BCUT2D eigenvalue weighted by atomic mass is 10.0. The quantitative estimate of drug-likeness (QED) is 0.332. The Hall–Kier alpha value is -2.88. The van der Waals surface area contributed by atoms with Crippen molar-refractivity contribution in [2.24, 2.45) is 0 Å². The summed E-state index contributed by atoms with van der Waals surface area (Å²) in [7, 11) is 0. The van der Waals surface area contributed by atoms with Gasteiger partial charge in [0.1, 0.15) is 17.6 Å². The number of carbonyl (C=O) groups excluding carboxylic acids is 2. The summed E-state index contributed by atoms with van der Waals surface area (Å²) in [6.07, 6.45) is -2.97. The van der Waals surface area contributed by atoms with E-state index in [1.807, 2.05) is 6.07 Å². The molecule has 0 radical (unpaired) electrons. The minimum atomic E-state index is -1.16. The van der Waals surface area contributed by atoms with Gasteiger partial charge in [0.2, 0.25) is 0 Å². The van der Waals surface area contributed by atoms with Gasteiger partial charge in [0.25, 0.3) is 5.91 Å². The minimum Gasteiger partial charge on any atom is -0.506 e. The first kappa shape index (κ1) is 24.8. The lowest BCUT2D eigenvalue weighted by molar-refractivity contribution is 0.00279. The van der Waals surface area contributed by atoms with Crippen LogP contribution in [0.25, 0.3) is 0 Å². The molecule has 7 nitrogen and oxygen atoms in total. The van der Waals surface area contributed by atoms with Crippen LogP contribution in [-0.4, -0.2) is 34.9 Å². The average molecular weight is 579 g/mol. The third-order valence-corrected chi connectivity index (χ3v) is 5.69. The average Bonchev–Trinajstić information content (AvgIpc) is 2.81. The Morgan fingerprint density at radius 2 is 1.61 bits per heavy atom. The van der Waals surface area contributed by atoms with Crippen LogP contribution in [0.4, 0.5) is 4.79 Å². The number of phenolic OH excluding ortho intramolecular Hbond substituents is 1. The summed E-state index contributed by atoms with van der Waals surface area (Å²) in [5.74, 6) is -0.314. The molecular formula is C24H21Br2NO6. The fourth-order valence-corrected chi connectivity index (χ4v) is 4.37. The molecule has 0 unspecified atom stereocenters. The van der Waals surface area contributed by atoms with E-state index in [0.717, 1.165) is 0 Å². The Bertz CT molecular complexity index is 1090. The SMILES string of the molecule is O=C(NC(=O)c1ccccc1)O[C@@H](c1cc(Br)cc(Br)c1O)[C@H](CCO)Oc1ccccc1. The number of hydrogen-bond donors (Lipinski definition) is 3. The van der Waals surface area contributed by atoms with Crippen molar-refractivity contribution in [3.8, 4) is 11.5 Å². The summed E-state index contributed by atoms with van der Waals surface area (Å²) in [4.78, 5) is 25.1. The second-order valence-corrected chi connectivity index (χ2v) is 8.72. The lowest BCUT2D eigenvalue weighted by Crippen LogP contribution is -2.36. The first-order chi connectivity index (χ1) is 15.9. The van der Waals surface area contributed by atoms with E-state index in [0.29, 0.717) is 14.7 Å². The van der Waals surface area contributed by atoms with Gasteiger partial charge in [0, 0.05) is 28.6 Å². The molecule has 0 aliphatic carbocycles. The molecule has 33 heavy (non-hydrogen) atoms. The van der Waals surface area contributed by atoms with Crippen LogP contribution in [0.2, 0.25) is 0 Å². The van der Waals surface area contributed by atoms with E-state index in [2.05, 4.69) is 37.2 Å². The Morgan fingerprint density at radius 1 is 0.970 bits per heavy atom. The number of amides is 2. The van der Waals surface area contributed by atoms with Crippen molar-refractivity contribution < 1.29 is 29.3 Å². The molecule has 0 heterocycles. The number of para-hydroxylation sites is 1. The third kappa shape index (κ3) is 6.80. The van der Waals surface area contributed by atoms with E-state index in [1.165, 1.54) is 0 Å². The summed E-state index contributed by atoms with van der Waals surface area (Å²) in [5.41, 5.74) is 0.513. The number of imide groups is 1. The summed E-state index contributed by atoms with van der Waals surface area (Å²) < 4.78 is 12.6. The number of halogens is 2. The Labute approximate surface area is 207 Å². The molecule has 0 spiro atoms. The molecular weight excluding hydrogens is 558 g/mol. The molecule has 0 aliphatic heterocycles. The lowest BCUT2D eigenvalue weighted by Gasteiger charge is -2.28. The number of benzene rings is 3. The molecule has 0 saturated carbocycles. The molecule has 2 atom stereocenters. The topological polar surface area (TPSA) is 105 Å². The molecule has 0 fully saturated rings. The number of carbonyl (C=O) groups is 2. The van der Waals surface area contributed by atoms with E-state index in [4.69, 9.17) is 9.47 Å². The van der Waals surface area contributed by atoms with Crippen LogP contribution in [0.5, 0.6) is 11.5 Å². The van der Waals surface area contributed by atoms with Gasteiger partial charge in [-0.15, -0.1) is 0 Å². The zero-order valence-electron chi connectivity index (χ0n) is 17.3. The molecule has 172 valence electrons. The summed E-state index contributed by atoms with van der Waals surface area (Å²) in [5, 5.41) is 22.5. The van der Waals surface area contributed by atoms with Gasteiger partial charge < -0.3 is 19.7 Å². The van der Waals surface area contributed by atoms with Crippen molar-refractivity contribution in [3.05, 3.63) is 92.9 Å². The van der Waals surface area contributed by atoms with Gasteiger partial charge in [-0.1, -0.05) is 52.3 Å². The third-order valence-electron chi connectivity index (χ3n) is 4.63. The van der Waals surface area contributed by atoms with E-state index >= 15 is 0 Å². The fourth-order valence-electron chi connectivity index (χ4n) is 3.11. The highest BCUT2D eigenvalue weighted by atomic mass is 79.9. The van der Waals surface area contributed by atoms with Gasteiger partial charge >= 0.3 is 6.09 Å². The summed E-state index contributed by atoms with van der Waals surface area (Å²) >= 11 is 6.64. The highest BCUT2D eigenvalue weighted by Gasteiger charge is 2.32. The second-order valence-electron chi connectivity index (χ2n) is 6.95. The molecule has 3 aromatic rings. The number of alkyl carbamates (subject to hydrolysis) is 1. The standard InChI is InChI=1S/C24H21Br2NO6/c25-16-13-18(21(29)19(26)14-16)22(20(11-12-28)32-17-9-5-2-6-10-17)33-24(31)27-23(30)15-7-3-1-4-8-15/h1-10,13-14,20,22,28-29H,11-12H2,(H,27,30,31)/t20-,22-/m0/s1. The zero-order valence-corrected chi connectivity index (χ0v) is 20.5. The minimum absolute atomic E-state index is 0.0864. The molecule has 0 bridgehead atoms. The van der Waals surface area contributed by atoms with Crippen LogP contribution < -0.4 is 10.1 Å². The molecule has 0 aromatic heterocycles. The van der Waals surface area contributed by atoms with Crippen molar-refractivity contribution in [2.75, 3.05) is 6.61 Å². The highest BCUT2D eigenvalue weighted by Crippen LogP contribution is 2.39. The van der Waals surface area contributed by atoms with E-state index in [9.17, 15) is 19.8 Å². The monoisotopic (exact) mass is 577 g/mol. The number of hydrogen-bond acceptors (Lipinski definition) is 6. The van der Waals surface area contributed by atoms with E-state index < -0.39 is 24.2 Å². The van der Waals surface area contributed by atoms with Crippen LogP contribution in [0.1, 0.15) is 28.4 Å². The molecule has 3 rings (SSSR count). The van der Waals surface area contributed by atoms with Crippen molar-refractivity contribution in [1.82, 2.24) is 5.32 Å². The highest BCUT2D eigenvalue weighted by molar-refractivity contribution is 9.11. The van der Waals surface area contributed by atoms with Gasteiger partial charge in [-0.05, 0) is 52.3 Å². The maximum atomic E-state index is 12.7. The number of rotatable bonds is 8. The first-order valence-corrected chi connectivity index (χ1v) is 11.5. The first-order valence-electron chi connectivity index (χ1n) is 9.96. The Balaban J connectivity index is 1.92. The van der Waals surface area contributed by atoms with Gasteiger partial charge in [0.05, 0.1) is 4.47 Å². The number of aliphatic hydroxyl groups is 1. The normalized spacial score (nSPS) is 12.5. The second kappa shape index (κ2) is 11.8. The van der Waals surface area contributed by atoms with Crippen LogP contribution >= 0.6 is 31.9 Å². The van der Waals surface area contributed by atoms with Gasteiger partial charge in [-0.25, -0.2) is 4.79 Å². The number of aromatic hydroxyl groups is 1. The predicted molar refractivity (Wildman–Crippen MR) is 129 cm³/mol. The number of nitrogens with one attached hydrogen (secondary N) is 1. The molecule has 0 aliphatic rings. The molecule has 2 amide bonds. The van der Waals surface area contributed by atoms with Crippen LogP contribution in [0, 0.1) is 0 Å². The van der Waals surface area contributed by atoms with Crippen LogP contribution in [-0.2, 0) is 4.74 Å². The Morgan fingerprint density at radius 3 is 2.24 bits per heavy atom. The van der Waals surface area contributed by atoms with Crippen molar-refractivity contribution in [3.63, 3.8) is 0 Å². The van der Waals surface area contributed by atoms with E-state index in [-0.39, 0.29) is 29.9 Å². The van der Waals surface area contributed by atoms with Gasteiger partial charge in [0.15, 0.2) is 6.10 Å². The molecule has 0 saturated heterocycles.